The topological polar surface area (TPSA) is 0 Å². The number of hydrogen-bond acceptors (Lipinski definition) is 0. The van der Waals surface area contributed by atoms with Crippen molar-refractivity contribution in [3.05, 3.63) is 37.0 Å². The summed E-state index contributed by atoms with van der Waals surface area (Å²) in [7, 11) is 0. The lowest BCUT2D eigenvalue weighted by atomic mass is 10.0. The molecule has 0 radical (unpaired) electrons. The van der Waals surface area contributed by atoms with E-state index in [2.05, 4.69) is 44.7 Å². The van der Waals surface area contributed by atoms with Gasteiger partial charge in [0, 0.05) is 0 Å². The Morgan fingerprint density at radius 1 is 0.778 bits per heavy atom. The maximum absolute atomic E-state index is 3.69. The van der Waals surface area contributed by atoms with E-state index in [0.29, 0.717) is 0 Å². The van der Waals surface area contributed by atoms with Gasteiger partial charge in [-0.15, -0.1) is 6.58 Å². The Kier molecular flexibility index (Phi) is 13.7. The van der Waals surface area contributed by atoms with Crippen LogP contribution in [-0.2, 0) is 0 Å². The molecule has 0 fully saturated rings. The zero-order chi connectivity index (χ0) is 13.5. The summed E-state index contributed by atoms with van der Waals surface area (Å²) in [6.45, 7) is 8.32. The summed E-state index contributed by atoms with van der Waals surface area (Å²) in [6, 6.07) is 0. The van der Waals surface area contributed by atoms with E-state index in [4.69, 9.17) is 0 Å². The lowest BCUT2D eigenvalue weighted by molar-refractivity contribution is 0.516. The Labute approximate surface area is 115 Å². The second kappa shape index (κ2) is 14.3. The highest BCUT2D eigenvalue weighted by Gasteiger charge is 1.93. The zero-order valence-corrected chi connectivity index (χ0v) is 12.5. The van der Waals surface area contributed by atoms with Gasteiger partial charge in [-0.05, 0) is 31.6 Å². The third-order valence-electron chi connectivity index (χ3n) is 3.06. The van der Waals surface area contributed by atoms with Crippen LogP contribution in [0.15, 0.2) is 37.0 Å². The van der Waals surface area contributed by atoms with Crippen molar-refractivity contribution >= 4 is 0 Å². The fourth-order valence-corrected chi connectivity index (χ4v) is 1.93. The Morgan fingerprint density at radius 2 is 1.39 bits per heavy atom. The molecule has 0 spiro atoms. The summed E-state index contributed by atoms with van der Waals surface area (Å²) < 4.78 is 0. The number of unbranched alkanes of at least 4 members (excludes halogenated alkanes) is 5. The van der Waals surface area contributed by atoms with Crippen LogP contribution in [0, 0.1) is 5.92 Å². The van der Waals surface area contributed by atoms with Crippen molar-refractivity contribution in [1.82, 2.24) is 0 Å². The molecule has 0 bridgehead atoms. The van der Waals surface area contributed by atoms with E-state index in [9.17, 15) is 0 Å². The predicted octanol–water partition coefficient (Wildman–Crippen LogP) is 6.45. The molecule has 0 heteroatoms. The summed E-state index contributed by atoms with van der Waals surface area (Å²) in [5, 5.41) is 0. The molecule has 0 amide bonds. The largest absolute Gasteiger partial charge is 0.103 e. The van der Waals surface area contributed by atoms with E-state index in [-0.39, 0.29) is 0 Å². The minimum absolute atomic E-state index is 0.877. The molecule has 0 atom stereocenters. The van der Waals surface area contributed by atoms with Gasteiger partial charge in [-0.25, -0.2) is 0 Å². The molecule has 0 heterocycles. The molecule has 0 saturated heterocycles. The summed E-state index contributed by atoms with van der Waals surface area (Å²) >= 11 is 0. The quantitative estimate of drug-likeness (QED) is 0.275. The van der Waals surface area contributed by atoms with Crippen LogP contribution in [0.3, 0.4) is 0 Å². The van der Waals surface area contributed by atoms with Crippen molar-refractivity contribution in [3.63, 3.8) is 0 Å². The van der Waals surface area contributed by atoms with E-state index < -0.39 is 0 Å². The SMILES string of the molecule is C=CC/C=C\C/C=C\CCCCCCCC(C)C. The predicted molar refractivity (Wildman–Crippen MR) is 84.9 cm³/mol. The van der Waals surface area contributed by atoms with Crippen LogP contribution in [0.4, 0.5) is 0 Å². The van der Waals surface area contributed by atoms with E-state index in [1.54, 1.807) is 0 Å². The number of allylic oxidation sites excluding steroid dienone is 5. The lowest BCUT2D eigenvalue weighted by Gasteiger charge is -2.03. The van der Waals surface area contributed by atoms with Crippen LogP contribution in [0.2, 0.25) is 0 Å². The summed E-state index contributed by atoms with van der Waals surface area (Å²) in [4.78, 5) is 0. The van der Waals surface area contributed by atoms with Crippen LogP contribution in [0.5, 0.6) is 0 Å². The molecule has 0 saturated carbocycles. The summed E-state index contributed by atoms with van der Waals surface area (Å²) in [5.41, 5.74) is 0. The van der Waals surface area contributed by atoms with Gasteiger partial charge >= 0.3 is 0 Å². The van der Waals surface area contributed by atoms with Gasteiger partial charge in [-0.1, -0.05) is 76.3 Å². The van der Waals surface area contributed by atoms with Crippen LogP contribution < -0.4 is 0 Å². The zero-order valence-electron chi connectivity index (χ0n) is 12.5. The highest BCUT2D eigenvalue weighted by molar-refractivity contribution is 4.95. The molecule has 0 aromatic carbocycles. The lowest BCUT2D eigenvalue weighted by Crippen LogP contribution is -1.86. The van der Waals surface area contributed by atoms with Gasteiger partial charge in [0.1, 0.15) is 0 Å². The molecule has 0 nitrogen and oxygen atoms in total. The maximum atomic E-state index is 3.69. The van der Waals surface area contributed by atoms with Crippen LogP contribution in [-0.4, -0.2) is 0 Å². The normalized spacial score (nSPS) is 11.9. The fourth-order valence-electron chi connectivity index (χ4n) is 1.93. The third-order valence-corrected chi connectivity index (χ3v) is 3.06. The minimum atomic E-state index is 0.877. The molecule has 0 aliphatic rings. The molecule has 0 aromatic heterocycles. The van der Waals surface area contributed by atoms with Crippen LogP contribution in [0.25, 0.3) is 0 Å². The molecule has 0 aromatic rings. The molecular formula is C18H32. The molecule has 18 heavy (non-hydrogen) atoms. The van der Waals surface area contributed by atoms with Crippen molar-refractivity contribution in [2.45, 2.75) is 71.6 Å². The van der Waals surface area contributed by atoms with Crippen molar-refractivity contribution in [2.24, 2.45) is 5.92 Å². The fraction of sp³-hybridized carbons (Fsp3) is 0.667. The van der Waals surface area contributed by atoms with Gasteiger partial charge in [0.05, 0.1) is 0 Å². The second-order valence-electron chi connectivity index (χ2n) is 5.44. The average Bonchev–Trinajstić information content (AvgIpc) is 2.34. The summed E-state index contributed by atoms with van der Waals surface area (Å²) in [6.07, 6.45) is 22.6. The number of rotatable bonds is 12. The first-order chi connectivity index (χ1) is 8.77. The van der Waals surface area contributed by atoms with E-state index in [1.807, 2.05) is 6.08 Å². The Morgan fingerprint density at radius 3 is 2.11 bits per heavy atom. The highest BCUT2D eigenvalue weighted by atomic mass is 14.0. The van der Waals surface area contributed by atoms with Gasteiger partial charge < -0.3 is 0 Å². The van der Waals surface area contributed by atoms with Crippen molar-refractivity contribution in [1.29, 1.82) is 0 Å². The molecular weight excluding hydrogens is 216 g/mol. The first-order valence-corrected chi connectivity index (χ1v) is 7.68. The first kappa shape index (κ1) is 17.2. The number of hydrogen-bond donors (Lipinski definition) is 0. The molecule has 0 unspecified atom stereocenters. The maximum Gasteiger partial charge on any atom is -0.0169 e. The van der Waals surface area contributed by atoms with Gasteiger partial charge in [0.25, 0.3) is 0 Å². The monoisotopic (exact) mass is 248 g/mol. The van der Waals surface area contributed by atoms with E-state index >= 15 is 0 Å². The highest BCUT2D eigenvalue weighted by Crippen LogP contribution is 2.11. The van der Waals surface area contributed by atoms with Gasteiger partial charge in [-0.2, -0.15) is 0 Å². The first-order valence-electron chi connectivity index (χ1n) is 7.68. The van der Waals surface area contributed by atoms with Gasteiger partial charge in [-0.3, -0.25) is 0 Å². The molecule has 0 aliphatic heterocycles. The molecule has 0 N–H and O–H groups in total. The van der Waals surface area contributed by atoms with Crippen molar-refractivity contribution in [2.75, 3.05) is 0 Å². The van der Waals surface area contributed by atoms with E-state index in [1.165, 1.54) is 44.9 Å². The molecule has 0 rings (SSSR count). The summed E-state index contributed by atoms with van der Waals surface area (Å²) in [5.74, 6) is 0.877. The van der Waals surface area contributed by atoms with Crippen LogP contribution in [0.1, 0.15) is 71.6 Å². The standard InChI is InChI=1S/C18H32/c1-4-5-6-7-8-9-10-11-12-13-14-15-16-17-18(2)3/h4,6-7,9-10,18H,1,5,8,11-17H2,2-3H3/b7-6-,10-9-. The van der Waals surface area contributed by atoms with Crippen LogP contribution >= 0.6 is 0 Å². The Hall–Kier alpha value is -0.780. The van der Waals surface area contributed by atoms with Gasteiger partial charge in [0.2, 0.25) is 0 Å². The third kappa shape index (κ3) is 15.2. The van der Waals surface area contributed by atoms with Gasteiger partial charge in [0.15, 0.2) is 0 Å². The minimum Gasteiger partial charge on any atom is -0.103 e. The Bertz CT molecular complexity index is 220. The smallest absolute Gasteiger partial charge is 0.0169 e. The van der Waals surface area contributed by atoms with Crippen molar-refractivity contribution in [3.8, 4) is 0 Å². The average molecular weight is 248 g/mol. The molecule has 0 aliphatic carbocycles. The van der Waals surface area contributed by atoms with E-state index in [0.717, 1.165) is 18.8 Å². The second-order valence-corrected chi connectivity index (χ2v) is 5.44. The Balaban J connectivity index is 3.15. The van der Waals surface area contributed by atoms with Crippen molar-refractivity contribution < 1.29 is 0 Å². The molecule has 104 valence electrons.